The molecular formula is C10H3BrCl2F3N. The van der Waals surface area contributed by atoms with Crippen molar-refractivity contribution in [2.24, 2.45) is 0 Å². The molecule has 0 bridgehead atoms. The average molecular weight is 345 g/mol. The van der Waals surface area contributed by atoms with Crippen molar-refractivity contribution in [3.05, 3.63) is 38.4 Å². The molecule has 17 heavy (non-hydrogen) atoms. The molecule has 2 aromatic rings. The number of pyridine rings is 1. The third-order valence-electron chi connectivity index (χ3n) is 2.15. The lowest BCUT2D eigenvalue weighted by molar-refractivity contribution is -0.137. The van der Waals surface area contributed by atoms with Gasteiger partial charge in [0.05, 0.1) is 20.6 Å². The zero-order valence-electron chi connectivity index (χ0n) is 7.95. The normalized spacial score (nSPS) is 12.1. The van der Waals surface area contributed by atoms with E-state index < -0.39 is 11.7 Å². The van der Waals surface area contributed by atoms with Crippen molar-refractivity contribution in [2.45, 2.75) is 6.18 Å². The van der Waals surface area contributed by atoms with Crippen LogP contribution >= 0.6 is 39.1 Å². The Hall–Kier alpha value is -0.520. The van der Waals surface area contributed by atoms with Crippen LogP contribution in [-0.2, 0) is 6.18 Å². The molecule has 2 rings (SSSR count). The highest BCUT2D eigenvalue weighted by atomic mass is 79.9. The van der Waals surface area contributed by atoms with Gasteiger partial charge in [-0.05, 0) is 34.1 Å². The van der Waals surface area contributed by atoms with Gasteiger partial charge in [0.1, 0.15) is 5.15 Å². The van der Waals surface area contributed by atoms with Crippen LogP contribution in [0, 0.1) is 0 Å². The highest BCUT2D eigenvalue weighted by Crippen LogP contribution is 2.38. The second kappa shape index (κ2) is 4.30. The first-order valence-corrected chi connectivity index (χ1v) is 5.87. The van der Waals surface area contributed by atoms with E-state index in [0.717, 1.165) is 12.1 Å². The van der Waals surface area contributed by atoms with Crippen LogP contribution in [0.15, 0.2) is 22.7 Å². The first kappa shape index (κ1) is 12.9. The predicted octanol–water partition coefficient (Wildman–Crippen LogP) is 5.32. The number of halogens is 6. The highest BCUT2D eigenvalue weighted by molar-refractivity contribution is 9.10. The molecule has 0 unspecified atom stereocenters. The topological polar surface area (TPSA) is 12.9 Å². The average Bonchev–Trinajstić information content (AvgIpc) is 2.24. The Morgan fingerprint density at radius 2 is 1.82 bits per heavy atom. The van der Waals surface area contributed by atoms with Gasteiger partial charge in [0.25, 0.3) is 0 Å². The molecule has 1 heterocycles. The van der Waals surface area contributed by atoms with Gasteiger partial charge in [-0.3, -0.25) is 0 Å². The smallest absolute Gasteiger partial charge is 0.235 e. The molecule has 0 saturated carbocycles. The first-order chi connectivity index (χ1) is 7.80. The Morgan fingerprint density at radius 1 is 1.18 bits per heavy atom. The quantitative estimate of drug-likeness (QED) is 0.589. The van der Waals surface area contributed by atoms with E-state index in [0.29, 0.717) is 5.52 Å². The zero-order valence-corrected chi connectivity index (χ0v) is 11.0. The Morgan fingerprint density at radius 3 is 2.41 bits per heavy atom. The lowest BCUT2D eigenvalue weighted by Crippen LogP contribution is -2.04. The van der Waals surface area contributed by atoms with Crippen molar-refractivity contribution in [2.75, 3.05) is 0 Å². The Labute approximate surface area is 113 Å². The third kappa shape index (κ3) is 2.37. The maximum atomic E-state index is 12.5. The van der Waals surface area contributed by atoms with E-state index in [9.17, 15) is 13.2 Å². The molecule has 0 amide bonds. The fraction of sp³-hybridized carbons (Fsp3) is 0.100. The van der Waals surface area contributed by atoms with Crippen LogP contribution in [0.5, 0.6) is 0 Å². The van der Waals surface area contributed by atoms with Crippen LogP contribution in [0.4, 0.5) is 13.2 Å². The van der Waals surface area contributed by atoms with Crippen molar-refractivity contribution in [1.29, 1.82) is 0 Å². The van der Waals surface area contributed by atoms with E-state index in [1.807, 2.05) is 0 Å². The van der Waals surface area contributed by atoms with E-state index in [-0.39, 0.29) is 20.0 Å². The van der Waals surface area contributed by atoms with Gasteiger partial charge in [0.15, 0.2) is 0 Å². The Balaban J connectivity index is 2.78. The zero-order chi connectivity index (χ0) is 12.8. The summed E-state index contributed by atoms with van der Waals surface area (Å²) in [5.41, 5.74) is -0.459. The summed E-state index contributed by atoms with van der Waals surface area (Å²) in [6, 6.07) is 3.13. The lowest BCUT2D eigenvalue weighted by atomic mass is 10.1. The minimum atomic E-state index is -4.41. The molecule has 0 radical (unpaired) electrons. The van der Waals surface area contributed by atoms with Crippen molar-refractivity contribution < 1.29 is 13.2 Å². The molecule has 1 nitrogen and oxygen atoms in total. The van der Waals surface area contributed by atoms with Crippen LogP contribution in [0.2, 0.25) is 10.2 Å². The molecule has 0 fully saturated rings. The fourth-order valence-corrected chi connectivity index (χ4v) is 2.13. The number of rotatable bonds is 0. The van der Waals surface area contributed by atoms with Crippen LogP contribution in [0.25, 0.3) is 10.9 Å². The van der Waals surface area contributed by atoms with E-state index in [1.165, 1.54) is 6.07 Å². The van der Waals surface area contributed by atoms with E-state index in [1.54, 1.807) is 0 Å². The summed E-state index contributed by atoms with van der Waals surface area (Å²) in [4.78, 5) is 3.93. The van der Waals surface area contributed by atoms with Crippen LogP contribution in [-0.4, -0.2) is 4.98 Å². The van der Waals surface area contributed by atoms with Gasteiger partial charge < -0.3 is 0 Å². The summed E-state index contributed by atoms with van der Waals surface area (Å²) in [6.45, 7) is 0. The SMILES string of the molecule is FC(F)(F)c1ccc2nc(Cl)c(Br)c(Cl)c2c1. The molecule has 0 N–H and O–H groups in total. The maximum Gasteiger partial charge on any atom is 0.416 e. The van der Waals surface area contributed by atoms with Gasteiger partial charge in [-0.25, -0.2) is 4.98 Å². The van der Waals surface area contributed by atoms with Crippen molar-refractivity contribution in [3.63, 3.8) is 0 Å². The van der Waals surface area contributed by atoms with Gasteiger partial charge in [0, 0.05) is 5.39 Å². The number of benzene rings is 1. The number of alkyl halides is 3. The summed E-state index contributed by atoms with van der Waals surface area (Å²) in [5, 5.41) is 0.436. The van der Waals surface area contributed by atoms with Gasteiger partial charge in [-0.1, -0.05) is 23.2 Å². The molecule has 1 aromatic heterocycles. The van der Waals surface area contributed by atoms with Gasteiger partial charge in [0.2, 0.25) is 0 Å². The lowest BCUT2D eigenvalue weighted by Gasteiger charge is -2.09. The maximum absolute atomic E-state index is 12.5. The largest absolute Gasteiger partial charge is 0.416 e. The number of nitrogens with zero attached hydrogens (tertiary/aromatic N) is 1. The monoisotopic (exact) mass is 343 g/mol. The van der Waals surface area contributed by atoms with E-state index in [4.69, 9.17) is 23.2 Å². The molecule has 7 heteroatoms. The van der Waals surface area contributed by atoms with E-state index >= 15 is 0 Å². The second-order valence-electron chi connectivity index (χ2n) is 3.26. The summed E-state index contributed by atoms with van der Waals surface area (Å²) >= 11 is 14.7. The number of hydrogen-bond donors (Lipinski definition) is 0. The molecule has 0 aliphatic heterocycles. The molecule has 0 aliphatic rings. The number of aromatic nitrogens is 1. The Bertz CT molecular complexity index is 598. The molecule has 1 aromatic carbocycles. The van der Waals surface area contributed by atoms with Crippen LogP contribution < -0.4 is 0 Å². The molecule has 0 saturated heterocycles. The summed E-state index contributed by atoms with van der Waals surface area (Å²) in [5.74, 6) is 0. The predicted molar refractivity (Wildman–Crippen MR) is 64.5 cm³/mol. The molecule has 90 valence electrons. The van der Waals surface area contributed by atoms with Gasteiger partial charge in [-0.2, -0.15) is 13.2 Å². The van der Waals surface area contributed by atoms with Gasteiger partial charge in [-0.15, -0.1) is 0 Å². The molecule has 0 spiro atoms. The van der Waals surface area contributed by atoms with Crippen LogP contribution in [0.3, 0.4) is 0 Å². The number of fused-ring (bicyclic) bond motifs is 1. The van der Waals surface area contributed by atoms with Crippen molar-refractivity contribution in [3.8, 4) is 0 Å². The van der Waals surface area contributed by atoms with Crippen LogP contribution in [0.1, 0.15) is 5.56 Å². The Kier molecular flexibility index (Phi) is 3.27. The van der Waals surface area contributed by atoms with Gasteiger partial charge >= 0.3 is 6.18 Å². The minimum absolute atomic E-state index is 0.113. The first-order valence-electron chi connectivity index (χ1n) is 4.32. The second-order valence-corrected chi connectivity index (χ2v) is 4.79. The minimum Gasteiger partial charge on any atom is -0.235 e. The summed E-state index contributed by atoms with van der Waals surface area (Å²) in [7, 11) is 0. The van der Waals surface area contributed by atoms with E-state index in [2.05, 4.69) is 20.9 Å². The fourth-order valence-electron chi connectivity index (χ4n) is 1.35. The molecule has 0 atom stereocenters. The third-order valence-corrected chi connectivity index (χ3v) is 4.05. The molecule has 0 aliphatic carbocycles. The van der Waals surface area contributed by atoms with Crippen molar-refractivity contribution in [1.82, 2.24) is 4.98 Å². The summed E-state index contributed by atoms with van der Waals surface area (Å²) in [6.07, 6.45) is -4.41. The number of hydrogen-bond acceptors (Lipinski definition) is 1. The standard InChI is InChI=1S/C10H3BrCl2F3N/c11-7-8(12)5-3-4(10(14,15)16)1-2-6(5)17-9(7)13/h1-3H. The highest BCUT2D eigenvalue weighted by Gasteiger charge is 2.30. The summed E-state index contributed by atoms with van der Waals surface area (Å²) < 4.78 is 37.9. The van der Waals surface area contributed by atoms with Crippen molar-refractivity contribution >= 4 is 50.0 Å². The molecular weight excluding hydrogens is 342 g/mol.